The SMILES string of the molecule is CC[C@@H]1C(C[O-])O[C@@H](CO)C(NC(C)=O)C1[O-].[Na+].[Na+]. The number of aliphatic hydroxyl groups is 1. The number of aliphatic hydroxyl groups excluding tert-OH is 1. The van der Waals surface area contributed by atoms with Crippen LogP contribution in [0.4, 0.5) is 0 Å². The van der Waals surface area contributed by atoms with E-state index >= 15 is 0 Å². The van der Waals surface area contributed by atoms with Gasteiger partial charge in [0.1, 0.15) is 0 Å². The van der Waals surface area contributed by atoms with Gasteiger partial charge in [0.25, 0.3) is 0 Å². The summed E-state index contributed by atoms with van der Waals surface area (Å²) in [6.45, 7) is 2.24. The average Bonchev–Trinajstić information content (AvgIpc) is 2.30. The zero-order valence-corrected chi connectivity index (χ0v) is 16.1. The average molecular weight is 291 g/mol. The van der Waals surface area contributed by atoms with Crippen LogP contribution < -0.4 is 74.6 Å². The zero-order chi connectivity index (χ0) is 13.0. The second-order valence-electron chi connectivity index (χ2n) is 4.33. The molecule has 0 aromatic heterocycles. The van der Waals surface area contributed by atoms with Gasteiger partial charge in [0.15, 0.2) is 0 Å². The molecule has 8 heteroatoms. The van der Waals surface area contributed by atoms with Crippen molar-refractivity contribution in [3.63, 3.8) is 0 Å². The van der Waals surface area contributed by atoms with Gasteiger partial charge in [-0.2, -0.15) is 0 Å². The van der Waals surface area contributed by atoms with Crippen LogP contribution >= 0.6 is 0 Å². The van der Waals surface area contributed by atoms with E-state index in [1.165, 1.54) is 6.92 Å². The molecule has 1 aliphatic rings. The third-order valence-corrected chi connectivity index (χ3v) is 3.19. The van der Waals surface area contributed by atoms with Crippen LogP contribution in [0.15, 0.2) is 0 Å². The third-order valence-electron chi connectivity index (χ3n) is 3.19. The summed E-state index contributed by atoms with van der Waals surface area (Å²) >= 11 is 0. The minimum atomic E-state index is -1.12. The van der Waals surface area contributed by atoms with Crippen LogP contribution in [0.25, 0.3) is 0 Å². The van der Waals surface area contributed by atoms with Crippen molar-refractivity contribution in [3.05, 3.63) is 0 Å². The first-order chi connectivity index (χ1) is 8.04. The van der Waals surface area contributed by atoms with Crippen molar-refractivity contribution in [1.29, 1.82) is 0 Å². The van der Waals surface area contributed by atoms with Gasteiger partial charge in [0.05, 0.1) is 12.7 Å². The van der Waals surface area contributed by atoms with Gasteiger partial charge in [0.2, 0.25) is 5.91 Å². The molecule has 1 heterocycles. The number of rotatable bonds is 4. The number of amides is 1. The summed E-state index contributed by atoms with van der Waals surface area (Å²) in [5.41, 5.74) is 0. The Labute approximate surface area is 157 Å². The Hall–Kier alpha value is 1.31. The molecule has 100 valence electrons. The number of ether oxygens (including phenoxy) is 1. The first-order valence-corrected chi connectivity index (χ1v) is 5.82. The van der Waals surface area contributed by atoms with E-state index < -0.39 is 36.9 Å². The fraction of sp³-hybridized carbons (Fsp3) is 0.909. The molecular weight excluding hydrogens is 272 g/mol. The molecule has 1 rings (SSSR count). The molecule has 5 atom stereocenters. The predicted octanol–water partition coefficient (Wildman–Crippen LogP) is -8.63. The van der Waals surface area contributed by atoms with Crippen LogP contribution in [-0.2, 0) is 9.53 Å². The summed E-state index contributed by atoms with van der Waals surface area (Å²) in [4.78, 5) is 11.0. The number of carbonyl (C=O) groups excluding carboxylic acids is 1. The van der Waals surface area contributed by atoms with Crippen LogP contribution in [-0.4, -0.2) is 48.6 Å². The summed E-state index contributed by atoms with van der Waals surface area (Å²) in [5, 5.41) is 34.8. The Kier molecular flexibility index (Phi) is 13.0. The Morgan fingerprint density at radius 2 is 1.95 bits per heavy atom. The molecule has 3 unspecified atom stereocenters. The number of nitrogens with one attached hydrogen (secondary N) is 1. The maximum Gasteiger partial charge on any atom is 1.00 e. The normalized spacial score (nSPS) is 33.8. The van der Waals surface area contributed by atoms with Gasteiger partial charge in [-0.1, -0.05) is 19.4 Å². The fourth-order valence-corrected chi connectivity index (χ4v) is 2.32. The molecule has 0 spiro atoms. The van der Waals surface area contributed by atoms with Crippen LogP contribution in [0.2, 0.25) is 0 Å². The van der Waals surface area contributed by atoms with Crippen molar-refractivity contribution in [2.45, 2.75) is 44.6 Å². The molecule has 0 saturated carbocycles. The molecule has 0 aromatic carbocycles. The van der Waals surface area contributed by atoms with E-state index in [-0.39, 0.29) is 71.6 Å². The van der Waals surface area contributed by atoms with Crippen molar-refractivity contribution in [3.8, 4) is 0 Å². The van der Waals surface area contributed by atoms with E-state index in [1.807, 2.05) is 6.92 Å². The first-order valence-electron chi connectivity index (χ1n) is 5.82. The molecule has 2 N–H and O–H groups in total. The maximum atomic E-state index is 12.2. The van der Waals surface area contributed by atoms with Crippen molar-refractivity contribution in [2.24, 2.45) is 5.92 Å². The molecule has 1 amide bonds. The summed E-state index contributed by atoms with van der Waals surface area (Å²) in [6, 6.07) is -0.773. The Bertz CT molecular complexity index is 269. The van der Waals surface area contributed by atoms with Crippen LogP contribution in [0.3, 0.4) is 0 Å². The molecule has 19 heavy (non-hydrogen) atoms. The van der Waals surface area contributed by atoms with E-state index in [4.69, 9.17) is 9.84 Å². The first kappa shape index (κ1) is 22.6. The molecule has 0 bridgehead atoms. The molecule has 0 aliphatic carbocycles. The van der Waals surface area contributed by atoms with E-state index in [2.05, 4.69) is 5.32 Å². The van der Waals surface area contributed by atoms with Gasteiger partial charge in [-0.05, 0) is 5.92 Å². The van der Waals surface area contributed by atoms with Gasteiger partial charge >= 0.3 is 59.1 Å². The zero-order valence-electron chi connectivity index (χ0n) is 12.1. The fourth-order valence-electron chi connectivity index (χ4n) is 2.32. The number of hydrogen-bond donors (Lipinski definition) is 2. The second kappa shape index (κ2) is 11.0. The topological polar surface area (TPSA) is 105 Å². The van der Waals surface area contributed by atoms with Crippen LogP contribution in [0, 0.1) is 5.92 Å². The molecule has 1 saturated heterocycles. The number of hydrogen-bond acceptors (Lipinski definition) is 5. The van der Waals surface area contributed by atoms with Gasteiger partial charge in [0, 0.05) is 19.1 Å². The molecular formula is C11H19NNa2O5. The van der Waals surface area contributed by atoms with Crippen molar-refractivity contribution < 1.29 is 84.0 Å². The van der Waals surface area contributed by atoms with Gasteiger partial charge in [-0.15, -0.1) is 6.61 Å². The summed E-state index contributed by atoms with van der Waals surface area (Å²) in [6.07, 6.45) is -2.06. The standard InChI is InChI=1S/C11H19NO5.2Na/c1-3-7-8(4-13)17-9(5-14)10(11(7)16)12-6(2)15;;/h7-11,14H,3-5H2,1-2H3,(H,12,15);;/q-2;2*+1/t7-,8?,9+,10?,11?;;/m1../s1. The molecule has 1 fully saturated rings. The summed E-state index contributed by atoms with van der Waals surface area (Å²) in [5.74, 6) is -0.763. The van der Waals surface area contributed by atoms with E-state index in [0.29, 0.717) is 6.42 Å². The van der Waals surface area contributed by atoms with Gasteiger partial charge < -0.3 is 25.4 Å². The molecule has 0 aromatic rings. The van der Waals surface area contributed by atoms with Crippen molar-refractivity contribution in [1.82, 2.24) is 5.32 Å². The summed E-state index contributed by atoms with van der Waals surface area (Å²) in [7, 11) is 0. The smallest absolute Gasteiger partial charge is 0.853 e. The Morgan fingerprint density at radius 1 is 1.37 bits per heavy atom. The van der Waals surface area contributed by atoms with Gasteiger partial charge in [-0.3, -0.25) is 4.79 Å². The van der Waals surface area contributed by atoms with Crippen molar-refractivity contribution >= 4 is 5.91 Å². The predicted molar refractivity (Wildman–Crippen MR) is 55.8 cm³/mol. The van der Waals surface area contributed by atoms with E-state index in [1.54, 1.807) is 0 Å². The van der Waals surface area contributed by atoms with E-state index in [0.717, 1.165) is 0 Å². The van der Waals surface area contributed by atoms with Crippen LogP contribution in [0.5, 0.6) is 0 Å². The largest absolute Gasteiger partial charge is 1.00 e. The monoisotopic (exact) mass is 291 g/mol. The van der Waals surface area contributed by atoms with Crippen LogP contribution in [0.1, 0.15) is 20.3 Å². The Balaban J connectivity index is 0. The summed E-state index contributed by atoms with van der Waals surface area (Å²) < 4.78 is 5.39. The quantitative estimate of drug-likeness (QED) is 0.501. The molecule has 0 radical (unpaired) electrons. The third kappa shape index (κ3) is 5.90. The van der Waals surface area contributed by atoms with Crippen molar-refractivity contribution in [2.75, 3.05) is 13.2 Å². The Morgan fingerprint density at radius 3 is 2.32 bits per heavy atom. The minimum absolute atomic E-state index is 0. The minimum Gasteiger partial charge on any atom is -0.853 e. The maximum absolute atomic E-state index is 12.2. The van der Waals surface area contributed by atoms with Gasteiger partial charge in [-0.25, -0.2) is 0 Å². The molecule has 6 nitrogen and oxygen atoms in total. The second-order valence-corrected chi connectivity index (χ2v) is 4.33. The van der Waals surface area contributed by atoms with E-state index in [9.17, 15) is 15.0 Å². The molecule has 1 aliphatic heterocycles. The number of carbonyl (C=O) groups is 1.